The second-order valence-electron chi connectivity index (χ2n) is 6.52. The van der Waals surface area contributed by atoms with Crippen molar-refractivity contribution in [3.05, 3.63) is 23.3 Å². The number of halogens is 1. The molecule has 1 saturated carbocycles. The van der Waals surface area contributed by atoms with Crippen molar-refractivity contribution in [3.8, 4) is 11.5 Å². The Bertz CT molecular complexity index is 518. The molecule has 0 aromatic heterocycles. The van der Waals surface area contributed by atoms with E-state index in [-0.39, 0.29) is 5.54 Å². The Hall–Kier alpha value is -1.29. The lowest BCUT2D eigenvalue weighted by atomic mass is 9.90. The van der Waals surface area contributed by atoms with Crippen LogP contribution in [0.15, 0.2) is 12.1 Å². The van der Waals surface area contributed by atoms with E-state index in [2.05, 4.69) is 0 Å². The average Bonchev–Trinajstić information content (AvgIpc) is 3.10. The summed E-state index contributed by atoms with van der Waals surface area (Å²) < 4.78 is 25.9. The van der Waals surface area contributed by atoms with Gasteiger partial charge in [-0.05, 0) is 56.4 Å². The zero-order valence-electron chi connectivity index (χ0n) is 12.2. The molecule has 1 aliphatic carbocycles. The van der Waals surface area contributed by atoms with E-state index in [1.165, 1.54) is 0 Å². The Morgan fingerprint density at radius 2 is 1.80 bits per heavy atom. The van der Waals surface area contributed by atoms with Gasteiger partial charge in [-0.15, -0.1) is 0 Å². The van der Waals surface area contributed by atoms with Crippen LogP contribution in [0.3, 0.4) is 0 Å². The first-order chi connectivity index (χ1) is 9.37. The number of hydrogen-bond donors (Lipinski definition) is 1. The molecule has 0 atom stereocenters. The minimum atomic E-state index is -1.41. The van der Waals surface area contributed by atoms with Crippen molar-refractivity contribution in [1.82, 2.24) is 0 Å². The molecule has 1 aromatic rings. The van der Waals surface area contributed by atoms with Gasteiger partial charge in [0.05, 0.1) is 13.2 Å². The molecule has 1 aliphatic heterocycles. The van der Waals surface area contributed by atoms with Gasteiger partial charge in [-0.2, -0.15) is 0 Å². The second kappa shape index (κ2) is 4.62. The summed E-state index contributed by atoms with van der Waals surface area (Å²) in [6.45, 7) is 4.40. The van der Waals surface area contributed by atoms with Crippen LogP contribution in [0.4, 0.5) is 4.39 Å². The van der Waals surface area contributed by atoms with Crippen molar-refractivity contribution < 1.29 is 13.9 Å². The van der Waals surface area contributed by atoms with E-state index in [1.54, 1.807) is 19.9 Å². The smallest absolute Gasteiger partial charge is 0.161 e. The summed E-state index contributed by atoms with van der Waals surface area (Å²) in [6, 6.07) is 3.71. The third-order valence-electron chi connectivity index (χ3n) is 4.05. The van der Waals surface area contributed by atoms with Gasteiger partial charge in [-0.1, -0.05) is 0 Å². The maximum Gasteiger partial charge on any atom is 0.161 e. The van der Waals surface area contributed by atoms with Gasteiger partial charge in [0, 0.05) is 12.0 Å². The molecule has 0 unspecified atom stereocenters. The highest BCUT2D eigenvalue weighted by atomic mass is 19.1. The number of hydrogen-bond acceptors (Lipinski definition) is 3. The fraction of sp³-hybridized carbons (Fsp3) is 0.625. The first-order valence-electron chi connectivity index (χ1n) is 7.28. The summed E-state index contributed by atoms with van der Waals surface area (Å²) in [5.41, 5.74) is 6.25. The van der Waals surface area contributed by atoms with Crippen LogP contribution in [0.5, 0.6) is 11.5 Å². The van der Waals surface area contributed by atoms with Crippen LogP contribution >= 0.6 is 0 Å². The predicted molar refractivity (Wildman–Crippen MR) is 76.0 cm³/mol. The largest absolute Gasteiger partial charge is 0.490 e. The SMILES string of the molecule is CC(C)(F)c1cc2c(cc1CC1(N)CC1)OCCCO2. The zero-order valence-corrected chi connectivity index (χ0v) is 12.2. The molecule has 1 aromatic carbocycles. The van der Waals surface area contributed by atoms with Crippen molar-refractivity contribution in [2.24, 2.45) is 5.73 Å². The molecule has 3 nitrogen and oxygen atoms in total. The minimum absolute atomic E-state index is 0.153. The normalized spacial score (nSPS) is 20.4. The molecule has 2 N–H and O–H groups in total. The summed E-state index contributed by atoms with van der Waals surface area (Å²) in [5, 5.41) is 0. The average molecular weight is 279 g/mol. The van der Waals surface area contributed by atoms with Gasteiger partial charge in [0.2, 0.25) is 0 Å². The van der Waals surface area contributed by atoms with E-state index in [1.807, 2.05) is 6.07 Å². The van der Waals surface area contributed by atoms with Crippen LogP contribution in [0.1, 0.15) is 44.2 Å². The number of benzene rings is 1. The third-order valence-corrected chi connectivity index (χ3v) is 4.05. The maximum atomic E-state index is 14.5. The van der Waals surface area contributed by atoms with Crippen LogP contribution in [-0.2, 0) is 12.1 Å². The monoisotopic (exact) mass is 279 g/mol. The lowest BCUT2D eigenvalue weighted by Gasteiger charge is -2.23. The first-order valence-corrected chi connectivity index (χ1v) is 7.28. The molecule has 4 heteroatoms. The Kier molecular flexibility index (Phi) is 3.16. The molecule has 0 bridgehead atoms. The molecule has 3 rings (SSSR count). The summed E-state index contributed by atoms with van der Waals surface area (Å²) in [6.07, 6.45) is 3.56. The van der Waals surface area contributed by atoms with Crippen LogP contribution < -0.4 is 15.2 Å². The third kappa shape index (κ3) is 2.75. The molecular weight excluding hydrogens is 257 g/mol. The zero-order chi connectivity index (χ0) is 14.4. The van der Waals surface area contributed by atoms with E-state index < -0.39 is 5.67 Å². The van der Waals surface area contributed by atoms with Crippen LogP contribution in [0.25, 0.3) is 0 Å². The van der Waals surface area contributed by atoms with Gasteiger partial charge in [0.1, 0.15) is 5.67 Å². The lowest BCUT2D eigenvalue weighted by molar-refractivity contribution is 0.218. The Morgan fingerprint density at radius 3 is 2.35 bits per heavy atom. The van der Waals surface area contributed by atoms with Crippen LogP contribution in [-0.4, -0.2) is 18.8 Å². The topological polar surface area (TPSA) is 44.5 Å². The fourth-order valence-corrected chi connectivity index (χ4v) is 2.67. The van der Waals surface area contributed by atoms with Crippen molar-refractivity contribution in [2.75, 3.05) is 13.2 Å². The second-order valence-corrected chi connectivity index (χ2v) is 6.52. The van der Waals surface area contributed by atoms with Gasteiger partial charge < -0.3 is 15.2 Å². The Labute approximate surface area is 119 Å². The summed E-state index contributed by atoms with van der Waals surface area (Å²) in [7, 11) is 0. The summed E-state index contributed by atoms with van der Waals surface area (Å²) in [5.74, 6) is 1.36. The van der Waals surface area contributed by atoms with Crippen molar-refractivity contribution in [2.45, 2.75) is 50.7 Å². The molecule has 2 aliphatic rings. The molecular formula is C16H22FNO2. The Morgan fingerprint density at radius 1 is 1.20 bits per heavy atom. The van der Waals surface area contributed by atoms with E-state index in [0.717, 1.165) is 30.6 Å². The molecule has 0 radical (unpaired) electrons. The van der Waals surface area contributed by atoms with Gasteiger partial charge in [-0.25, -0.2) is 4.39 Å². The van der Waals surface area contributed by atoms with Crippen molar-refractivity contribution in [1.29, 1.82) is 0 Å². The molecule has 0 amide bonds. The van der Waals surface area contributed by atoms with Gasteiger partial charge in [0.15, 0.2) is 11.5 Å². The molecule has 1 heterocycles. The maximum absolute atomic E-state index is 14.5. The van der Waals surface area contributed by atoms with E-state index >= 15 is 0 Å². The highest BCUT2D eigenvalue weighted by Gasteiger charge is 2.40. The number of rotatable bonds is 3. The van der Waals surface area contributed by atoms with Crippen molar-refractivity contribution >= 4 is 0 Å². The summed E-state index contributed by atoms with van der Waals surface area (Å²) >= 11 is 0. The molecule has 0 saturated heterocycles. The molecule has 20 heavy (non-hydrogen) atoms. The standard InChI is InChI=1S/C16H22FNO2/c1-15(2,17)12-9-14-13(19-6-3-7-20-14)8-11(12)10-16(18)4-5-16/h8-9H,3-7,10,18H2,1-2H3. The van der Waals surface area contributed by atoms with Crippen LogP contribution in [0.2, 0.25) is 0 Å². The fourth-order valence-electron chi connectivity index (χ4n) is 2.67. The van der Waals surface area contributed by atoms with Crippen molar-refractivity contribution in [3.63, 3.8) is 0 Å². The first kappa shape index (κ1) is 13.7. The number of ether oxygens (including phenoxy) is 2. The minimum Gasteiger partial charge on any atom is -0.490 e. The number of alkyl halides is 1. The molecule has 0 spiro atoms. The van der Waals surface area contributed by atoms with Crippen LogP contribution in [0, 0.1) is 0 Å². The Balaban J connectivity index is 2.03. The van der Waals surface area contributed by atoms with E-state index in [4.69, 9.17) is 15.2 Å². The van der Waals surface area contributed by atoms with Gasteiger partial charge in [-0.3, -0.25) is 0 Å². The lowest BCUT2D eigenvalue weighted by Crippen LogP contribution is -2.26. The molecule has 110 valence electrons. The quantitative estimate of drug-likeness (QED) is 0.924. The molecule has 1 fully saturated rings. The summed E-state index contributed by atoms with van der Waals surface area (Å²) in [4.78, 5) is 0. The predicted octanol–water partition coefficient (Wildman–Crippen LogP) is 3.09. The number of nitrogens with two attached hydrogens (primary N) is 1. The number of fused-ring (bicyclic) bond motifs is 1. The van der Waals surface area contributed by atoms with Gasteiger partial charge in [0.25, 0.3) is 0 Å². The van der Waals surface area contributed by atoms with E-state index in [0.29, 0.717) is 30.9 Å². The highest BCUT2D eigenvalue weighted by molar-refractivity contribution is 5.50. The van der Waals surface area contributed by atoms with E-state index in [9.17, 15) is 4.39 Å². The van der Waals surface area contributed by atoms with Gasteiger partial charge >= 0.3 is 0 Å². The highest BCUT2D eigenvalue weighted by Crippen LogP contribution is 2.43.